The van der Waals surface area contributed by atoms with Gasteiger partial charge in [-0.1, -0.05) is 6.07 Å². The van der Waals surface area contributed by atoms with Gasteiger partial charge in [0.1, 0.15) is 5.60 Å². The molecule has 0 aromatic carbocycles. The van der Waals surface area contributed by atoms with Gasteiger partial charge in [0.2, 0.25) is 0 Å². The van der Waals surface area contributed by atoms with Crippen LogP contribution in [0.5, 0.6) is 0 Å². The Morgan fingerprint density at radius 1 is 1.43 bits per heavy atom. The second kappa shape index (κ2) is 5.51. The van der Waals surface area contributed by atoms with Gasteiger partial charge >= 0.3 is 0 Å². The van der Waals surface area contributed by atoms with E-state index < -0.39 is 5.60 Å². The van der Waals surface area contributed by atoms with Gasteiger partial charge in [0.15, 0.2) is 0 Å². The minimum Gasteiger partial charge on any atom is -0.384 e. The Labute approximate surface area is 95.8 Å². The van der Waals surface area contributed by atoms with Crippen molar-refractivity contribution in [3.63, 3.8) is 0 Å². The van der Waals surface area contributed by atoms with E-state index in [9.17, 15) is 5.11 Å². The van der Waals surface area contributed by atoms with Crippen molar-refractivity contribution in [3.8, 4) is 0 Å². The molecular formula is C9H14Cl2N2O. The van der Waals surface area contributed by atoms with Crippen molar-refractivity contribution in [1.29, 1.82) is 0 Å². The predicted octanol–water partition coefficient (Wildman–Crippen LogP) is 1.11. The molecule has 0 amide bonds. The van der Waals surface area contributed by atoms with Crippen molar-refractivity contribution in [1.82, 2.24) is 10.3 Å². The molecule has 0 bridgehead atoms. The zero-order valence-electron chi connectivity index (χ0n) is 7.64. The van der Waals surface area contributed by atoms with Crippen molar-refractivity contribution in [2.75, 3.05) is 13.1 Å². The van der Waals surface area contributed by atoms with Crippen LogP contribution >= 0.6 is 24.8 Å². The molecule has 1 aromatic rings. The van der Waals surface area contributed by atoms with Gasteiger partial charge in [-0.2, -0.15) is 0 Å². The molecular weight excluding hydrogens is 223 g/mol. The van der Waals surface area contributed by atoms with Gasteiger partial charge in [0.05, 0.1) is 0 Å². The molecule has 0 saturated carbocycles. The predicted molar refractivity (Wildman–Crippen MR) is 60.1 cm³/mol. The van der Waals surface area contributed by atoms with Crippen LogP contribution in [0.2, 0.25) is 0 Å². The highest BCUT2D eigenvalue weighted by atomic mass is 35.5. The molecule has 1 aromatic heterocycles. The summed E-state index contributed by atoms with van der Waals surface area (Å²) in [6.07, 6.45) is 4.22. The van der Waals surface area contributed by atoms with E-state index in [1.165, 1.54) is 0 Å². The molecule has 1 saturated heterocycles. The van der Waals surface area contributed by atoms with Gasteiger partial charge in [-0.3, -0.25) is 4.98 Å². The highest BCUT2D eigenvalue weighted by molar-refractivity contribution is 5.85. The molecule has 1 atom stereocenters. The normalized spacial score (nSPS) is 24.9. The highest BCUT2D eigenvalue weighted by Gasteiger charge is 2.32. The zero-order valence-corrected chi connectivity index (χ0v) is 9.27. The van der Waals surface area contributed by atoms with Crippen LogP contribution in [0.4, 0.5) is 0 Å². The topological polar surface area (TPSA) is 45.2 Å². The molecule has 1 fully saturated rings. The highest BCUT2D eigenvalue weighted by Crippen LogP contribution is 2.26. The van der Waals surface area contributed by atoms with E-state index in [2.05, 4.69) is 10.3 Å². The van der Waals surface area contributed by atoms with Crippen molar-refractivity contribution in [2.45, 2.75) is 12.0 Å². The lowest BCUT2D eigenvalue weighted by Gasteiger charge is -2.20. The van der Waals surface area contributed by atoms with E-state index in [1.54, 1.807) is 12.4 Å². The van der Waals surface area contributed by atoms with E-state index in [0.29, 0.717) is 6.54 Å². The van der Waals surface area contributed by atoms with Crippen LogP contribution in [0.3, 0.4) is 0 Å². The molecule has 2 N–H and O–H groups in total. The first kappa shape index (κ1) is 13.7. The molecule has 80 valence electrons. The van der Waals surface area contributed by atoms with Crippen LogP contribution < -0.4 is 5.32 Å². The van der Waals surface area contributed by atoms with Gasteiger partial charge < -0.3 is 10.4 Å². The Hall–Kier alpha value is -0.350. The Balaban J connectivity index is 0.000000845. The number of aliphatic hydroxyl groups is 1. The van der Waals surface area contributed by atoms with Crippen molar-refractivity contribution < 1.29 is 5.11 Å². The summed E-state index contributed by atoms with van der Waals surface area (Å²) < 4.78 is 0. The van der Waals surface area contributed by atoms with Gasteiger partial charge in [-0.15, -0.1) is 24.8 Å². The first-order valence-electron chi connectivity index (χ1n) is 4.15. The fraction of sp³-hybridized carbons (Fsp3) is 0.444. The maximum atomic E-state index is 10.1. The lowest BCUT2D eigenvalue weighted by atomic mass is 9.95. The summed E-state index contributed by atoms with van der Waals surface area (Å²) in [6.45, 7) is 1.52. The Kier molecular flexibility index (Phi) is 5.37. The second-order valence-electron chi connectivity index (χ2n) is 3.20. The molecule has 5 heteroatoms. The minimum atomic E-state index is -0.686. The molecule has 0 radical (unpaired) electrons. The standard InChI is InChI=1S/C9H12N2O.2ClH/c12-9(3-5-11-7-9)8-2-1-4-10-6-8;;/h1-2,4,6,11-12H,3,5,7H2;2*1H. The van der Waals surface area contributed by atoms with Crippen molar-refractivity contribution >= 4 is 24.8 Å². The first-order chi connectivity index (χ1) is 5.81. The van der Waals surface area contributed by atoms with Gasteiger partial charge in [0, 0.05) is 24.5 Å². The largest absolute Gasteiger partial charge is 0.384 e. The van der Waals surface area contributed by atoms with Gasteiger partial charge in [-0.25, -0.2) is 0 Å². The molecule has 0 aliphatic carbocycles. The summed E-state index contributed by atoms with van der Waals surface area (Å²) >= 11 is 0. The summed E-state index contributed by atoms with van der Waals surface area (Å²) in [5.41, 5.74) is 0.226. The van der Waals surface area contributed by atoms with E-state index in [0.717, 1.165) is 18.5 Å². The average Bonchev–Trinajstić information content (AvgIpc) is 2.55. The second-order valence-corrected chi connectivity index (χ2v) is 3.20. The number of hydrogen-bond acceptors (Lipinski definition) is 3. The van der Waals surface area contributed by atoms with E-state index in [4.69, 9.17) is 0 Å². The van der Waals surface area contributed by atoms with Crippen LogP contribution in [0.1, 0.15) is 12.0 Å². The van der Waals surface area contributed by atoms with Crippen molar-refractivity contribution in [2.24, 2.45) is 0 Å². The van der Waals surface area contributed by atoms with Crippen molar-refractivity contribution in [3.05, 3.63) is 30.1 Å². The summed E-state index contributed by atoms with van der Waals surface area (Å²) in [5.74, 6) is 0. The number of nitrogens with zero attached hydrogens (tertiary/aromatic N) is 1. The number of aromatic nitrogens is 1. The maximum Gasteiger partial charge on any atom is 0.105 e. The monoisotopic (exact) mass is 236 g/mol. The number of rotatable bonds is 1. The van der Waals surface area contributed by atoms with E-state index in [1.807, 2.05) is 12.1 Å². The fourth-order valence-corrected chi connectivity index (χ4v) is 1.56. The summed E-state index contributed by atoms with van der Waals surface area (Å²) in [4.78, 5) is 3.99. The third-order valence-electron chi connectivity index (χ3n) is 2.33. The van der Waals surface area contributed by atoms with Gasteiger partial charge in [0.25, 0.3) is 0 Å². The summed E-state index contributed by atoms with van der Waals surface area (Å²) in [6, 6.07) is 3.77. The maximum absolute atomic E-state index is 10.1. The van der Waals surface area contributed by atoms with Crippen LogP contribution in [0.25, 0.3) is 0 Å². The Bertz CT molecular complexity index is 263. The smallest absolute Gasteiger partial charge is 0.105 e. The number of pyridine rings is 1. The molecule has 3 nitrogen and oxygen atoms in total. The van der Waals surface area contributed by atoms with E-state index in [-0.39, 0.29) is 24.8 Å². The minimum absolute atomic E-state index is 0. The zero-order chi connectivity index (χ0) is 8.44. The molecule has 2 rings (SSSR count). The number of β-amino-alcohol motifs (C(OH)–C–C–N with tert-alkyl or cyclic N) is 1. The number of hydrogen-bond donors (Lipinski definition) is 2. The summed E-state index contributed by atoms with van der Waals surface area (Å²) in [7, 11) is 0. The van der Waals surface area contributed by atoms with Crippen LogP contribution in [-0.2, 0) is 5.60 Å². The quantitative estimate of drug-likeness (QED) is 0.768. The molecule has 1 aliphatic heterocycles. The molecule has 1 aliphatic rings. The Morgan fingerprint density at radius 2 is 2.21 bits per heavy atom. The van der Waals surface area contributed by atoms with Crippen LogP contribution in [0.15, 0.2) is 24.5 Å². The molecule has 1 unspecified atom stereocenters. The number of halogens is 2. The molecule has 2 heterocycles. The SMILES string of the molecule is Cl.Cl.OC1(c2cccnc2)CCNC1. The summed E-state index contributed by atoms with van der Waals surface area (Å²) in [5, 5.41) is 13.2. The van der Waals surface area contributed by atoms with E-state index >= 15 is 0 Å². The Morgan fingerprint density at radius 3 is 2.71 bits per heavy atom. The third kappa shape index (κ3) is 2.58. The lowest BCUT2D eigenvalue weighted by Crippen LogP contribution is -2.28. The number of nitrogens with one attached hydrogen (secondary N) is 1. The fourth-order valence-electron chi connectivity index (χ4n) is 1.56. The van der Waals surface area contributed by atoms with Crippen LogP contribution in [-0.4, -0.2) is 23.2 Å². The first-order valence-corrected chi connectivity index (χ1v) is 4.15. The lowest BCUT2D eigenvalue weighted by molar-refractivity contribution is 0.0584. The molecule has 14 heavy (non-hydrogen) atoms. The third-order valence-corrected chi connectivity index (χ3v) is 2.33. The van der Waals surface area contributed by atoms with Crippen LogP contribution in [0, 0.1) is 0 Å². The molecule has 0 spiro atoms. The average molecular weight is 237 g/mol. The van der Waals surface area contributed by atoms with Gasteiger partial charge in [-0.05, 0) is 19.0 Å².